The molecule has 1 saturated heterocycles. The zero-order chi connectivity index (χ0) is 14.8. The summed E-state index contributed by atoms with van der Waals surface area (Å²) in [5.74, 6) is 0. The van der Waals surface area contributed by atoms with Crippen LogP contribution in [0.25, 0.3) is 0 Å². The number of rotatable bonds is 3. The second-order valence-electron chi connectivity index (χ2n) is 6.50. The molecule has 3 nitrogen and oxygen atoms in total. The highest BCUT2D eigenvalue weighted by molar-refractivity contribution is 9.10. The molecule has 1 atom stereocenters. The second kappa shape index (κ2) is 6.46. The molecule has 1 aromatic carbocycles. The van der Waals surface area contributed by atoms with E-state index in [9.17, 15) is 0 Å². The Bertz CT molecular complexity index is 456. The van der Waals surface area contributed by atoms with Crippen molar-refractivity contribution < 1.29 is 4.74 Å². The highest BCUT2D eigenvalue weighted by atomic mass is 79.9. The molecule has 1 aliphatic heterocycles. The van der Waals surface area contributed by atoms with Gasteiger partial charge in [-0.05, 0) is 45.4 Å². The summed E-state index contributed by atoms with van der Waals surface area (Å²) in [6, 6.07) is 7.09. The number of hydrogen-bond donors (Lipinski definition) is 1. The topological polar surface area (TPSA) is 24.5 Å². The van der Waals surface area contributed by atoms with Gasteiger partial charge in [-0.3, -0.25) is 0 Å². The molecule has 1 unspecified atom stereocenters. The number of anilines is 1. The summed E-state index contributed by atoms with van der Waals surface area (Å²) < 4.78 is 6.67. The van der Waals surface area contributed by atoms with Crippen molar-refractivity contribution in [2.24, 2.45) is 0 Å². The quantitative estimate of drug-likeness (QED) is 0.910. The van der Waals surface area contributed by atoms with Crippen LogP contribution in [0.2, 0.25) is 0 Å². The van der Waals surface area contributed by atoms with E-state index in [0.717, 1.165) is 26.3 Å². The molecule has 0 aliphatic carbocycles. The number of ether oxygens (including phenoxy) is 1. The summed E-state index contributed by atoms with van der Waals surface area (Å²) in [6.07, 6.45) is 0. The van der Waals surface area contributed by atoms with Gasteiger partial charge < -0.3 is 15.0 Å². The van der Waals surface area contributed by atoms with Crippen molar-refractivity contribution in [3.05, 3.63) is 28.2 Å². The zero-order valence-corrected chi connectivity index (χ0v) is 14.5. The van der Waals surface area contributed by atoms with Crippen molar-refractivity contribution >= 4 is 21.6 Å². The van der Waals surface area contributed by atoms with Gasteiger partial charge in [-0.1, -0.05) is 22.0 Å². The maximum Gasteiger partial charge on any atom is 0.0668 e. The summed E-state index contributed by atoms with van der Waals surface area (Å²) in [4.78, 5) is 2.41. The number of nitrogens with zero attached hydrogens (tertiary/aromatic N) is 1. The first-order chi connectivity index (χ1) is 9.37. The van der Waals surface area contributed by atoms with E-state index in [1.165, 1.54) is 15.7 Å². The van der Waals surface area contributed by atoms with E-state index >= 15 is 0 Å². The van der Waals surface area contributed by atoms with Crippen LogP contribution in [0.5, 0.6) is 0 Å². The molecule has 0 aromatic heterocycles. The highest BCUT2D eigenvalue weighted by Crippen LogP contribution is 2.26. The van der Waals surface area contributed by atoms with Gasteiger partial charge in [-0.2, -0.15) is 0 Å². The molecule has 0 bridgehead atoms. The third-order valence-electron chi connectivity index (χ3n) is 3.55. The Kier molecular flexibility index (Phi) is 5.10. The Morgan fingerprint density at radius 3 is 2.75 bits per heavy atom. The van der Waals surface area contributed by atoms with Crippen molar-refractivity contribution in [3.8, 4) is 0 Å². The zero-order valence-electron chi connectivity index (χ0n) is 12.9. The Hall–Kier alpha value is -0.580. The van der Waals surface area contributed by atoms with Crippen LogP contribution in [0.3, 0.4) is 0 Å². The third-order valence-corrected chi connectivity index (χ3v) is 4.28. The van der Waals surface area contributed by atoms with Crippen molar-refractivity contribution in [2.75, 3.05) is 24.7 Å². The minimum Gasteiger partial charge on any atom is -0.377 e. The van der Waals surface area contributed by atoms with Crippen LogP contribution in [-0.4, -0.2) is 31.3 Å². The molecular formula is C16H25BrN2O. The van der Waals surface area contributed by atoms with E-state index in [-0.39, 0.29) is 5.54 Å². The van der Waals surface area contributed by atoms with Crippen LogP contribution in [0.15, 0.2) is 22.7 Å². The lowest BCUT2D eigenvalue weighted by atomic mass is 10.1. The molecule has 2 rings (SSSR count). The van der Waals surface area contributed by atoms with E-state index in [2.05, 4.69) is 72.0 Å². The van der Waals surface area contributed by atoms with E-state index < -0.39 is 0 Å². The van der Waals surface area contributed by atoms with Crippen LogP contribution in [0.1, 0.15) is 33.3 Å². The molecule has 0 radical (unpaired) electrons. The first kappa shape index (κ1) is 15.8. The second-order valence-corrected chi connectivity index (χ2v) is 7.35. The average Bonchev–Trinajstić information content (AvgIpc) is 2.37. The molecule has 1 aromatic rings. The van der Waals surface area contributed by atoms with Gasteiger partial charge in [0.25, 0.3) is 0 Å². The molecule has 20 heavy (non-hydrogen) atoms. The normalized spacial score (nSPS) is 20.2. The Balaban J connectivity index is 2.09. The number of morpholine rings is 1. The Labute approximate surface area is 130 Å². The fourth-order valence-corrected chi connectivity index (χ4v) is 2.84. The molecule has 4 heteroatoms. The summed E-state index contributed by atoms with van der Waals surface area (Å²) in [6.45, 7) is 12.2. The van der Waals surface area contributed by atoms with Crippen LogP contribution in [0, 0.1) is 0 Å². The van der Waals surface area contributed by atoms with Crippen molar-refractivity contribution in [3.63, 3.8) is 0 Å². The summed E-state index contributed by atoms with van der Waals surface area (Å²) >= 11 is 3.70. The highest BCUT2D eigenvalue weighted by Gasteiger charge is 2.19. The lowest BCUT2D eigenvalue weighted by Gasteiger charge is -2.35. The summed E-state index contributed by atoms with van der Waals surface area (Å²) in [5.41, 5.74) is 2.70. The first-order valence-electron chi connectivity index (χ1n) is 7.25. The Morgan fingerprint density at radius 1 is 1.40 bits per heavy atom. The van der Waals surface area contributed by atoms with E-state index in [4.69, 9.17) is 4.74 Å². The van der Waals surface area contributed by atoms with Gasteiger partial charge in [0.15, 0.2) is 0 Å². The molecule has 112 valence electrons. The average molecular weight is 341 g/mol. The molecule has 1 heterocycles. The van der Waals surface area contributed by atoms with E-state index in [0.29, 0.717) is 6.04 Å². The van der Waals surface area contributed by atoms with Crippen LogP contribution in [0.4, 0.5) is 5.69 Å². The van der Waals surface area contributed by atoms with Crippen molar-refractivity contribution in [2.45, 2.75) is 45.8 Å². The monoisotopic (exact) mass is 340 g/mol. The molecule has 0 amide bonds. The molecule has 1 fully saturated rings. The minimum atomic E-state index is 0.136. The predicted octanol–water partition coefficient (Wildman–Crippen LogP) is 3.56. The third kappa shape index (κ3) is 4.21. The van der Waals surface area contributed by atoms with Gasteiger partial charge in [0.05, 0.1) is 13.2 Å². The number of hydrogen-bond acceptors (Lipinski definition) is 3. The van der Waals surface area contributed by atoms with E-state index in [1.54, 1.807) is 0 Å². The SMILES string of the molecule is CC1COCCN1c1ccc(CNC(C)(C)C)c(Br)c1. The first-order valence-corrected chi connectivity index (χ1v) is 8.04. The molecule has 1 N–H and O–H groups in total. The van der Waals surface area contributed by atoms with Gasteiger partial charge in [-0.25, -0.2) is 0 Å². The molecular weight excluding hydrogens is 316 g/mol. The van der Waals surface area contributed by atoms with Gasteiger partial charge in [0.2, 0.25) is 0 Å². The molecule has 0 spiro atoms. The van der Waals surface area contributed by atoms with Gasteiger partial charge in [0.1, 0.15) is 0 Å². The van der Waals surface area contributed by atoms with Gasteiger partial charge >= 0.3 is 0 Å². The lowest BCUT2D eigenvalue weighted by molar-refractivity contribution is 0.0989. The summed E-state index contributed by atoms with van der Waals surface area (Å²) in [7, 11) is 0. The largest absolute Gasteiger partial charge is 0.377 e. The maximum absolute atomic E-state index is 5.50. The lowest BCUT2D eigenvalue weighted by Crippen LogP contribution is -2.43. The summed E-state index contributed by atoms with van der Waals surface area (Å²) in [5, 5.41) is 3.52. The fraction of sp³-hybridized carbons (Fsp3) is 0.625. The van der Waals surface area contributed by atoms with Crippen molar-refractivity contribution in [1.82, 2.24) is 5.32 Å². The van der Waals surface area contributed by atoms with Crippen molar-refractivity contribution in [1.29, 1.82) is 0 Å². The molecule has 0 saturated carbocycles. The standard InChI is InChI=1S/C16H25BrN2O/c1-12-11-20-8-7-19(12)14-6-5-13(15(17)9-14)10-18-16(2,3)4/h5-6,9,12,18H,7-8,10-11H2,1-4H3. The number of benzene rings is 1. The van der Waals surface area contributed by atoms with Gasteiger partial charge in [0, 0.05) is 34.8 Å². The van der Waals surface area contributed by atoms with Crippen LogP contribution in [-0.2, 0) is 11.3 Å². The number of halogens is 1. The molecule has 1 aliphatic rings. The fourth-order valence-electron chi connectivity index (χ4n) is 2.33. The number of nitrogens with one attached hydrogen (secondary N) is 1. The Morgan fingerprint density at radius 2 is 2.15 bits per heavy atom. The van der Waals surface area contributed by atoms with Crippen LogP contribution < -0.4 is 10.2 Å². The van der Waals surface area contributed by atoms with Gasteiger partial charge in [-0.15, -0.1) is 0 Å². The maximum atomic E-state index is 5.50. The van der Waals surface area contributed by atoms with Crippen LogP contribution >= 0.6 is 15.9 Å². The predicted molar refractivity (Wildman–Crippen MR) is 88.4 cm³/mol. The van der Waals surface area contributed by atoms with E-state index in [1.807, 2.05) is 0 Å². The smallest absolute Gasteiger partial charge is 0.0668 e. The minimum absolute atomic E-state index is 0.136.